The fourth-order valence-electron chi connectivity index (χ4n) is 7.00. The summed E-state index contributed by atoms with van der Waals surface area (Å²) in [5.74, 6) is -0.245. The van der Waals surface area contributed by atoms with Gasteiger partial charge in [-0.25, -0.2) is 0 Å². The van der Waals surface area contributed by atoms with Gasteiger partial charge in [-0.3, -0.25) is 9.59 Å². The molecule has 0 radical (unpaired) electrons. The summed E-state index contributed by atoms with van der Waals surface area (Å²) in [6, 6.07) is 0. The maximum absolute atomic E-state index is 12.6. The molecule has 0 amide bonds. The zero-order valence-corrected chi connectivity index (χ0v) is 16.2. The van der Waals surface area contributed by atoms with Crippen molar-refractivity contribution in [3.8, 4) is 0 Å². The standard InChI is InChI=1S/C21H32O4/c1-12-7-8-15-20(4,16(12)18(24)25-6)10-9-14-19(2,3)11-13(22)17(23)21(14,15)5/h14-17,23H,1,7-11H2,2-6H3/t14-,15+,16-,17-,20+,21-/m1/s1. The smallest absolute Gasteiger partial charge is 0.313 e. The third-order valence-electron chi connectivity index (χ3n) is 8.00. The van der Waals surface area contributed by atoms with Crippen LogP contribution in [0.2, 0.25) is 0 Å². The predicted octanol–water partition coefficient (Wildman–Crippen LogP) is 3.52. The molecule has 3 aliphatic rings. The van der Waals surface area contributed by atoms with Gasteiger partial charge in [0.2, 0.25) is 0 Å². The van der Waals surface area contributed by atoms with Gasteiger partial charge in [-0.15, -0.1) is 0 Å². The van der Waals surface area contributed by atoms with Crippen LogP contribution in [0.3, 0.4) is 0 Å². The number of rotatable bonds is 1. The van der Waals surface area contributed by atoms with Gasteiger partial charge in [0.25, 0.3) is 0 Å². The zero-order chi connectivity index (χ0) is 18.8. The fourth-order valence-corrected chi connectivity index (χ4v) is 7.00. The number of carbonyl (C=O) groups excluding carboxylic acids is 2. The van der Waals surface area contributed by atoms with Crippen molar-refractivity contribution < 1.29 is 19.4 Å². The molecule has 6 atom stereocenters. The molecular weight excluding hydrogens is 316 g/mol. The molecule has 0 aliphatic heterocycles. The lowest BCUT2D eigenvalue weighted by Gasteiger charge is -2.66. The number of hydrogen-bond acceptors (Lipinski definition) is 4. The van der Waals surface area contributed by atoms with Crippen molar-refractivity contribution in [1.29, 1.82) is 0 Å². The average molecular weight is 348 g/mol. The molecule has 25 heavy (non-hydrogen) atoms. The topological polar surface area (TPSA) is 63.6 Å². The van der Waals surface area contributed by atoms with Gasteiger partial charge < -0.3 is 9.84 Å². The van der Waals surface area contributed by atoms with E-state index in [2.05, 4.69) is 34.3 Å². The number of aliphatic hydroxyl groups is 1. The number of methoxy groups -OCH3 is 1. The Kier molecular flexibility index (Phi) is 4.22. The van der Waals surface area contributed by atoms with E-state index in [9.17, 15) is 14.7 Å². The lowest BCUT2D eigenvalue weighted by molar-refractivity contribution is -0.206. The minimum Gasteiger partial charge on any atom is -0.469 e. The van der Waals surface area contributed by atoms with Crippen molar-refractivity contribution in [3.63, 3.8) is 0 Å². The van der Waals surface area contributed by atoms with Crippen LogP contribution in [0.25, 0.3) is 0 Å². The van der Waals surface area contributed by atoms with Gasteiger partial charge >= 0.3 is 5.97 Å². The molecule has 0 heterocycles. The maximum Gasteiger partial charge on any atom is 0.313 e. The van der Waals surface area contributed by atoms with Crippen molar-refractivity contribution in [2.45, 2.75) is 65.9 Å². The number of hydrogen-bond donors (Lipinski definition) is 1. The number of aliphatic hydroxyl groups excluding tert-OH is 1. The number of ketones is 1. The van der Waals surface area contributed by atoms with Crippen LogP contribution < -0.4 is 0 Å². The van der Waals surface area contributed by atoms with Crippen LogP contribution >= 0.6 is 0 Å². The molecule has 3 saturated carbocycles. The quantitative estimate of drug-likeness (QED) is 0.582. The molecular formula is C21H32O4. The van der Waals surface area contributed by atoms with Gasteiger partial charge in [0, 0.05) is 11.8 Å². The highest BCUT2D eigenvalue weighted by Crippen LogP contribution is 2.68. The zero-order valence-electron chi connectivity index (χ0n) is 16.2. The maximum atomic E-state index is 12.6. The average Bonchev–Trinajstić information content (AvgIpc) is 2.51. The van der Waals surface area contributed by atoms with E-state index in [1.807, 2.05) is 0 Å². The van der Waals surface area contributed by atoms with Gasteiger partial charge in [0.05, 0.1) is 13.0 Å². The van der Waals surface area contributed by atoms with E-state index in [-0.39, 0.29) is 40.3 Å². The first kappa shape index (κ1) is 18.6. The second kappa shape index (κ2) is 5.67. The van der Waals surface area contributed by atoms with Crippen molar-refractivity contribution >= 4 is 11.8 Å². The molecule has 3 aliphatic carbocycles. The van der Waals surface area contributed by atoms with Crippen molar-refractivity contribution in [3.05, 3.63) is 12.2 Å². The van der Waals surface area contributed by atoms with Gasteiger partial charge in [0.15, 0.2) is 5.78 Å². The van der Waals surface area contributed by atoms with Crippen LogP contribution in [-0.2, 0) is 14.3 Å². The van der Waals surface area contributed by atoms with E-state index in [1.165, 1.54) is 7.11 Å². The summed E-state index contributed by atoms with van der Waals surface area (Å²) in [6.07, 6.45) is 2.94. The van der Waals surface area contributed by atoms with Crippen molar-refractivity contribution in [2.24, 2.45) is 34.0 Å². The molecule has 0 unspecified atom stereocenters. The van der Waals surface area contributed by atoms with Crippen LogP contribution in [0.1, 0.15) is 59.8 Å². The number of fused-ring (bicyclic) bond motifs is 3. The lowest BCUT2D eigenvalue weighted by Crippen LogP contribution is -2.65. The van der Waals surface area contributed by atoms with Gasteiger partial charge in [-0.05, 0) is 48.3 Å². The minimum atomic E-state index is -0.945. The van der Waals surface area contributed by atoms with Crippen LogP contribution in [0.4, 0.5) is 0 Å². The highest BCUT2D eigenvalue weighted by molar-refractivity contribution is 5.85. The normalized spacial score (nSPS) is 46.2. The van der Waals surface area contributed by atoms with Crippen molar-refractivity contribution in [1.82, 2.24) is 0 Å². The number of Topliss-reactive ketones (excluding diaryl/α,β-unsaturated/α-hetero) is 1. The predicted molar refractivity (Wildman–Crippen MR) is 95.7 cm³/mol. The van der Waals surface area contributed by atoms with Gasteiger partial charge in [-0.2, -0.15) is 0 Å². The molecule has 0 aromatic carbocycles. The van der Waals surface area contributed by atoms with Gasteiger partial charge in [0.1, 0.15) is 6.10 Å². The molecule has 0 aromatic heterocycles. The Hall–Kier alpha value is -1.16. The first-order valence-electron chi connectivity index (χ1n) is 9.46. The SMILES string of the molecule is C=C1CC[C@H]2[C@](C)(CC[C@@H]3C(C)(C)CC(=O)[C@@H](O)[C@]32C)[C@H]1C(=O)OC. The van der Waals surface area contributed by atoms with E-state index in [4.69, 9.17) is 4.74 Å². The van der Waals surface area contributed by atoms with E-state index in [0.29, 0.717) is 6.42 Å². The second-order valence-corrected chi connectivity index (χ2v) is 9.70. The summed E-state index contributed by atoms with van der Waals surface area (Å²) in [5.41, 5.74) is -0.00786. The Bertz CT molecular complexity index is 613. The van der Waals surface area contributed by atoms with E-state index < -0.39 is 11.5 Å². The highest BCUT2D eigenvalue weighted by Gasteiger charge is 2.67. The Morgan fingerprint density at radius 3 is 2.44 bits per heavy atom. The molecule has 4 heteroatoms. The summed E-state index contributed by atoms with van der Waals surface area (Å²) in [6.45, 7) is 12.7. The first-order chi connectivity index (χ1) is 11.5. The first-order valence-corrected chi connectivity index (χ1v) is 9.46. The summed E-state index contributed by atoms with van der Waals surface area (Å²) in [5, 5.41) is 11.0. The summed E-state index contributed by atoms with van der Waals surface area (Å²) in [7, 11) is 1.43. The van der Waals surface area contributed by atoms with Crippen LogP contribution in [0.15, 0.2) is 12.2 Å². The highest BCUT2D eigenvalue weighted by atomic mass is 16.5. The van der Waals surface area contributed by atoms with Crippen LogP contribution in [0.5, 0.6) is 0 Å². The molecule has 3 fully saturated rings. The van der Waals surface area contributed by atoms with E-state index in [1.54, 1.807) is 0 Å². The second-order valence-electron chi connectivity index (χ2n) is 9.70. The van der Waals surface area contributed by atoms with Crippen LogP contribution in [-0.4, -0.2) is 30.1 Å². The molecule has 0 aromatic rings. The molecule has 0 spiro atoms. The number of esters is 1. The number of ether oxygens (including phenoxy) is 1. The monoisotopic (exact) mass is 348 g/mol. The third kappa shape index (κ3) is 2.36. The Labute approximate surface area is 151 Å². The summed E-state index contributed by atoms with van der Waals surface area (Å²) in [4.78, 5) is 25.2. The van der Waals surface area contributed by atoms with E-state index >= 15 is 0 Å². The van der Waals surface area contributed by atoms with Crippen LogP contribution in [0, 0.1) is 34.0 Å². The molecule has 0 saturated heterocycles. The lowest BCUT2D eigenvalue weighted by atomic mass is 9.38. The Morgan fingerprint density at radius 1 is 1.20 bits per heavy atom. The minimum absolute atomic E-state index is 0.0491. The van der Waals surface area contributed by atoms with E-state index in [0.717, 1.165) is 31.3 Å². The molecule has 4 nitrogen and oxygen atoms in total. The molecule has 1 N–H and O–H groups in total. The fraction of sp³-hybridized carbons (Fsp3) is 0.810. The summed E-state index contributed by atoms with van der Waals surface area (Å²) < 4.78 is 5.10. The van der Waals surface area contributed by atoms with Gasteiger partial charge in [-0.1, -0.05) is 39.8 Å². The molecule has 0 bridgehead atoms. The number of carbonyl (C=O) groups is 2. The molecule has 3 rings (SSSR count). The Morgan fingerprint density at radius 2 is 1.84 bits per heavy atom. The third-order valence-corrected chi connectivity index (χ3v) is 8.00. The Balaban J connectivity index is 2.11. The molecule has 140 valence electrons. The van der Waals surface area contributed by atoms with Crippen molar-refractivity contribution in [2.75, 3.05) is 7.11 Å². The largest absolute Gasteiger partial charge is 0.469 e. The summed E-state index contributed by atoms with van der Waals surface area (Å²) >= 11 is 0.